The lowest BCUT2D eigenvalue weighted by Crippen LogP contribution is -2.27. The lowest BCUT2D eigenvalue weighted by atomic mass is 10.2. The van der Waals surface area contributed by atoms with Crippen LogP contribution in [0, 0.1) is 0 Å². The lowest BCUT2D eigenvalue weighted by molar-refractivity contribution is -0.136. The van der Waals surface area contributed by atoms with Crippen molar-refractivity contribution in [1.29, 1.82) is 0 Å². The van der Waals surface area contributed by atoms with E-state index in [0.29, 0.717) is 12.8 Å². The monoisotopic (exact) mass is 193 g/mol. The molecule has 0 saturated carbocycles. The molecule has 2 unspecified atom stereocenters. The fraction of sp³-hybridized carbons (Fsp3) is 0.857. The molecular weight excluding hydrogens is 178 g/mol. The van der Waals surface area contributed by atoms with Gasteiger partial charge >= 0.3 is 5.97 Å². The third kappa shape index (κ3) is 4.58. The Bertz CT molecular complexity index is 143. The normalized spacial score (nSPS) is 15.6. The topological polar surface area (TPSA) is 69.6 Å². The Morgan fingerprint density at radius 3 is 2.50 bits per heavy atom. The maximum absolute atomic E-state index is 10.5. The van der Waals surface area contributed by atoms with Crippen molar-refractivity contribution in [3.63, 3.8) is 0 Å². The number of carboxylic acids is 1. The molecule has 2 atom stereocenters. The molecule has 0 aliphatic carbocycles. The minimum atomic E-state index is -0.814. The average Bonchev–Trinajstić information content (AvgIpc) is 2.04. The fourth-order valence-corrected chi connectivity index (χ4v) is 1.37. The molecule has 0 aliphatic rings. The van der Waals surface area contributed by atoms with Crippen molar-refractivity contribution < 1.29 is 15.0 Å². The number of aliphatic carboxylic acids is 1. The zero-order valence-corrected chi connectivity index (χ0v) is 8.10. The molecule has 4 nitrogen and oxygen atoms in total. The maximum Gasteiger partial charge on any atom is 0.316 e. The minimum absolute atomic E-state index is 0.409. The Hall–Kier alpha value is -0.260. The zero-order chi connectivity index (χ0) is 9.56. The number of thioether (sulfide) groups is 1. The van der Waals surface area contributed by atoms with E-state index in [2.05, 4.69) is 5.32 Å². The predicted molar refractivity (Wildman–Crippen MR) is 49.2 cm³/mol. The quantitative estimate of drug-likeness (QED) is 0.523. The van der Waals surface area contributed by atoms with Gasteiger partial charge in [-0.1, -0.05) is 0 Å². The summed E-state index contributed by atoms with van der Waals surface area (Å²) in [5.41, 5.74) is 0. The van der Waals surface area contributed by atoms with Gasteiger partial charge in [-0.3, -0.25) is 10.1 Å². The van der Waals surface area contributed by atoms with Crippen LogP contribution in [0.1, 0.15) is 12.8 Å². The van der Waals surface area contributed by atoms with E-state index in [1.54, 1.807) is 13.3 Å². The minimum Gasteiger partial charge on any atom is -0.480 e. The Labute approximate surface area is 76.4 Å². The van der Waals surface area contributed by atoms with E-state index in [-0.39, 0.29) is 0 Å². The van der Waals surface area contributed by atoms with E-state index in [0.717, 1.165) is 0 Å². The Kier molecular flexibility index (Phi) is 6.14. The highest BCUT2D eigenvalue weighted by Crippen LogP contribution is 2.13. The van der Waals surface area contributed by atoms with Crippen LogP contribution in [0.4, 0.5) is 0 Å². The van der Waals surface area contributed by atoms with Crippen LogP contribution in [-0.2, 0) is 4.79 Å². The van der Waals surface area contributed by atoms with Crippen molar-refractivity contribution in [3.8, 4) is 0 Å². The smallest absolute Gasteiger partial charge is 0.316 e. The molecule has 0 saturated heterocycles. The van der Waals surface area contributed by atoms with Crippen molar-refractivity contribution in [3.05, 3.63) is 0 Å². The largest absolute Gasteiger partial charge is 0.480 e. The Morgan fingerprint density at radius 2 is 2.17 bits per heavy atom. The first-order valence-corrected chi connectivity index (χ1v) is 5.01. The summed E-state index contributed by atoms with van der Waals surface area (Å²) in [6.45, 7) is 0. The van der Waals surface area contributed by atoms with Crippen LogP contribution >= 0.6 is 11.8 Å². The molecule has 0 aromatic carbocycles. The number of carbonyl (C=O) groups is 1. The number of nitrogens with one attached hydrogen (secondary N) is 1. The van der Waals surface area contributed by atoms with E-state index in [1.165, 1.54) is 11.8 Å². The first-order chi connectivity index (χ1) is 5.61. The molecule has 0 spiro atoms. The molecule has 0 fully saturated rings. The molecule has 0 aromatic rings. The van der Waals surface area contributed by atoms with Crippen LogP contribution in [0.3, 0.4) is 0 Å². The summed E-state index contributed by atoms with van der Waals surface area (Å²) in [5.74, 6) is -0.814. The Morgan fingerprint density at radius 1 is 1.58 bits per heavy atom. The SMILES string of the molecule is CNC(O)CCC(SC)C(=O)O. The molecule has 5 heteroatoms. The van der Waals surface area contributed by atoms with Crippen LogP contribution in [0.2, 0.25) is 0 Å². The molecule has 0 radical (unpaired) electrons. The molecular formula is C7H15NO3S. The van der Waals surface area contributed by atoms with Crippen LogP contribution in [0.5, 0.6) is 0 Å². The maximum atomic E-state index is 10.5. The third-order valence-corrected chi connectivity index (χ3v) is 2.60. The molecule has 3 N–H and O–H groups in total. The molecule has 0 aromatic heterocycles. The van der Waals surface area contributed by atoms with Crippen molar-refractivity contribution in [2.75, 3.05) is 13.3 Å². The number of aliphatic hydroxyl groups is 1. The summed E-state index contributed by atoms with van der Waals surface area (Å²) in [6.07, 6.45) is 2.11. The van der Waals surface area contributed by atoms with Gasteiger partial charge in [-0.25, -0.2) is 0 Å². The molecule has 0 bridgehead atoms. The third-order valence-electron chi connectivity index (χ3n) is 1.60. The number of aliphatic hydroxyl groups excluding tert-OH is 1. The Balaban J connectivity index is 3.65. The second-order valence-corrected chi connectivity index (χ2v) is 3.48. The summed E-state index contributed by atoms with van der Waals surface area (Å²) in [7, 11) is 1.64. The summed E-state index contributed by atoms with van der Waals surface area (Å²) < 4.78 is 0. The standard InChI is InChI=1S/C7H15NO3S/c1-8-6(9)4-3-5(12-2)7(10)11/h5-6,8-9H,3-4H2,1-2H3,(H,10,11). The van der Waals surface area contributed by atoms with E-state index in [9.17, 15) is 4.79 Å². The molecule has 0 rings (SSSR count). The molecule has 0 amide bonds. The van der Waals surface area contributed by atoms with Gasteiger partial charge in [0.2, 0.25) is 0 Å². The first-order valence-electron chi connectivity index (χ1n) is 3.72. The lowest BCUT2D eigenvalue weighted by Gasteiger charge is -2.12. The van der Waals surface area contributed by atoms with Crippen molar-refractivity contribution in [2.45, 2.75) is 24.3 Å². The van der Waals surface area contributed by atoms with Gasteiger partial charge in [-0.15, -0.1) is 0 Å². The van der Waals surface area contributed by atoms with Gasteiger partial charge in [0.05, 0.1) is 0 Å². The second kappa shape index (κ2) is 6.28. The van der Waals surface area contributed by atoms with Crippen LogP contribution in [0.25, 0.3) is 0 Å². The summed E-state index contributed by atoms with van der Waals surface area (Å²) >= 11 is 1.29. The van der Waals surface area contributed by atoms with Gasteiger partial charge in [0.15, 0.2) is 0 Å². The molecule has 72 valence electrons. The van der Waals surface area contributed by atoms with Gasteiger partial charge in [0, 0.05) is 0 Å². The van der Waals surface area contributed by atoms with Gasteiger partial charge in [0.1, 0.15) is 11.5 Å². The molecule has 12 heavy (non-hydrogen) atoms. The first kappa shape index (κ1) is 11.7. The average molecular weight is 193 g/mol. The van der Waals surface area contributed by atoms with Crippen molar-refractivity contribution in [1.82, 2.24) is 5.32 Å². The van der Waals surface area contributed by atoms with Gasteiger partial charge < -0.3 is 10.2 Å². The number of carboxylic acid groups (broad SMARTS) is 1. The summed E-state index contributed by atoms with van der Waals surface area (Å²) in [6, 6.07) is 0. The van der Waals surface area contributed by atoms with Crippen molar-refractivity contribution in [2.24, 2.45) is 0 Å². The highest BCUT2D eigenvalue weighted by Gasteiger charge is 2.16. The summed E-state index contributed by atoms with van der Waals surface area (Å²) in [5, 5.41) is 19.9. The highest BCUT2D eigenvalue weighted by atomic mass is 32.2. The fourth-order valence-electron chi connectivity index (χ4n) is 0.796. The van der Waals surface area contributed by atoms with Crippen LogP contribution in [-0.4, -0.2) is 41.0 Å². The molecule has 0 aliphatic heterocycles. The number of hydrogen-bond donors (Lipinski definition) is 3. The van der Waals surface area contributed by atoms with Gasteiger partial charge in [0.25, 0.3) is 0 Å². The number of hydrogen-bond acceptors (Lipinski definition) is 4. The van der Waals surface area contributed by atoms with Crippen LogP contribution in [0.15, 0.2) is 0 Å². The zero-order valence-electron chi connectivity index (χ0n) is 7.28. The van der Waals surface area contributed by atoms with Crippen LogP contribution < -0.4 is 5.32 Å². The van der Waals surface area contributed by atoms with E-state index < -0.39 is 17.4 Å². The number of rotatable bonds is 6. The predicted octanol–water partition coefficient (Wildman–Crippen LogP) is 0.121. The van der Waals surface area contributed by atoms with E-state index in [4.69, 9.17) is 10.2 Å². The van der Waals surface area contributed by atoms with Gasteiger partial charge in [-0.2, -0.15) is 11.8 Å². The van der Waals surface area contributed by atoms with E-state index >= 15 is 0 Å². The molecule has 0 heterocycles. The van der Waals surface area contributed by atoms with E-state index in [1.807, 2.05) is 0 Å². The van der Waals surface area contributed by atoms with Crippen molar-refractivity contribution >= 4 is 17.7 Å². The highest BCUT2D eigenvalue weighted by molar-refractivity contribution is 7.99. The van der Waals surface area contributed by atoms with Gasteiger partial charge in [-0.05, 0) is 26.1 Å². The summed E-state index contributed by atoms with van der Waals surface area (Å²) in [4.78, 5) is 10.5. The second-order valence-electron chi connectivity index (χ2n) is 2.44.